The van der Waals surface area contributed by atoms with Crippen molar-refractivity contribution in [3.63, 3.8) is 0 Å². The van der Waals surface area contributed by atoms with E-state index >= 15 is 0 Å². The van der Waals surface area contributed by atoms with E-state index in [1.165, 1.54) is 6.33 Å². The van der Waals surface area contributed by atoms with Crippen LogP contribution in [-0.2, 0) is 0 Å². The summed E-state index contributed by atoms with van der Waals surface area (Å²) in [4.78, 5) is 7.49. The zero-order valence-electron chi connectivity index (χ0n) is 3.50. The molecule has 1 heterocycles. The Hall–Kier alpha value is -0.440. The highest BCUT2D eigenvalue weighted by molar-refractivity contribution is 9.10. The number of hydrogen-bond donors (Lipinski definition) is 0. The summed E-state index contributed by atoms with van der Waals surface area (Å²) in [5.74, 6) is 0. The van der Waals surface area contributed by atoms with Gasteiger partial charge in [0.15, 0.2) is 0 Å². The molecule has 0 saturated carbocycles. The maximum atomic E-state index is 3.78. The molecule has 0 N–H and O–H groups in total. The molecule has 1 aromatic rings. The van der Waals surface area contributed by atoms with Crippen LogP contribution in [0.4, 0.5) is 0 Å². The van der Waals surface area contributed by atoms with E-state index in [9.17, 15) is 0 Å². The molecule has 0 fully saturated rings. The predicted octanol–water partition coefficient (Wildman–Crippen LogP) is 1.88. The van der Waals surface area contributed by atoms with Gasteiger partial charge in [0, 0.05) is 6.20 Å². The van der Waals surface area contributed by atoms with Crippen molar-refractivity contribution in [2.24, 2.45) is 0 Å². The van der Waals surface area contributed by atoms with Crippen molar-refractivity contribution in [1.82, 2.24) is 9.97 Å². The standard InChI is InChI=1S/C4H3BrN2.CH4/c5-4-1-2-6-3-7-4;/h1-3H;1H4. The van der Waals surface area contributed by atoms with E-state index in [4.69, 9.17) is 0 Å². The van der Waals surface area contributed by atoms with Gasteiger partial charge in [0.25, 0.3) is 0 Å². The van der Waals surface area contributed by atoms with E-state index < -0.39 is 0 Å². The summed E-state index contributed by atoms with van der Waals surface area (Å²) in [6, 6.07) is 1.78. The van der Waals surface area contributed by atoms with Crippen LogP contribution >= 0.6 is 15.9 Å². The fourth-order valence-corrected chi connectivity index (χ4v) is 0.484. The molecule has 0 saturated heterocycles. The highest BCUT2D eigenvalue weighted by Crippen LogP contribution is 1.98. The van der Waals surface area contributed by atoms with Crippen LogP contribution in [0.2, 0.25) is 0 Å². The summed E-state index contributed by atoms with van der Waals surface area (Å²) in [6.45, 7) is 0. The number of hydrogen-bond acceptors (Lipinski definition) is 2. The molecule has 0 radical (unpaired) electrons. The van der Waals surface area contributed by atoms with E-state index in [0.29, 0.717) is 0 Å². The molecule has 0 atom stereocenters. The van der Waals surface area contributed by atoms with Crippen molar-refractivity contribution in [3.8, 4) is 0 Å². The van der Waals surface area contributed by atoms with E-state index in [2.05, 4.69) is 25.9 Å². The van der Waals surface area contributed by atoms with E-state index in [-0.39, 0.29) is 7.43 Å². The minimum atomic E-state index is 0. The lowest BCUT2D eigenvalue weighted by Gasteiger charge is -1.79. The van der Waals surface area contributed by atoms with Crippen LogP contribution in [0.15, 0.2) is 23.2 Å². The minimum absolute atomic E-state index is 0. The van der Waals surface area contributed by atoms with Gasteiger partial charge in [0.2, 0.25) is 0 Å². The summed E-state index contributed by atoms with van der Waals surface area (Å²) in [7, 11) is 0. The number of rotatable bonds is 0. The van der Waals surface area contributed by atoms with Crippen molar-refractivity contribution < 1.29 is 0 Å². The second-order valence-electron chi connectivity index (χ2n) is 1.03. The molecule has 8 heavy (non-hydrogen) atoms. The van der Waals surface area contributed by atoms with Gasteiger partial charge in [-0.2, -0.15) is 0 Å². The van der Waals surface area contributed by atoms with Crippen molar-refractivity contribution in [3.05, 3.63) is 23.2 Å². The molecule has 44 valence electrons. The lowest BCUT2D eigenvalue weighted by Crippen LogP contribution is -1.72. The van der Waals surface area contributed by atoms with Gasteiger partial charge in [-0.1, -0.05) is 7.43 Å². The largest absolute Gasteiger partial charge is 0.245 e. The van der Waals surface area contributed by atoms with Crippen LogP contribution in [0.1, 0.15) is 7.43 Å². The lowest BCUT2D eigenvalue weighted by molar-refractivity contribution is 1.14. The Bertz CT molecular complexity index is 140. The van der Waals surface area contributed by atoms with Crippen molar-refractivity contribution in [1.29, 1.82) is 0 Å². The van der Waals surface area contributed by atoms with Gasteiger partial charge in [0.1, 0.15) is 10.9 Å². The lowest BCUT2D eigenvalue weighted by atomic mass is 10.7. The van der Waals surface area contributed by atoms with Crippen molar-refractivity contribution in [2.45, 2.75) is 7.43 Å². The Morgan fingerprint density at radius 2 is 2.25 bits per heavy atom. The second-order valence-corrected chi connectivity index (χ2v) is 1.84. The zero-order valence-corrected chi connectivity index (χ0v) is 5.09. The molecule has 0 amide bonds. The van der Waals surface area contributed by atoms with Gasteiger partial charge in [-0.05, 0) is 22.0 Å². The summed E-state index contributed by atoms with van der Waals surface area (Å²) in [5.41, 5.74) is 0. The molecule has 1 rings (SSSR count). The number of nitrogens with zero attached hydrogens (tertiary/aromatic N) is 2. The Kier molecular flexibility index (Phi) is 3.35. The quantitative estimate of drug-likeness (QED) is 0.562. The van der Waals surface area contributed by atoms with E-state index in [0.717, 1.165) is 4.60 Å². The van der Waals surface area contributed by atoms with Crippen LogP contribution in [-0.4, -0.2) is 9.97 Å². The summed E-state index contributed by atoms with van der Waals surface area (Å²) in [5, 5.41) is 0. The smallest absolute Gasteiger partial charge is 0.116 e. The molecule has 0 aliphatic heterocycles. The van der Waals surface area contributed by atoms with Crippen LogP contribution in [0.25, 0.3) is 0 Å². The first-order chi connectivity index (χ1) is 3.39. The van der Waals surface area contributed by atoms with Gasteiger partial charge in [0.05, 0.1) is 0 Å². The summed E-state index contributed by atoms with van der Waals surface area (Å²) < 4.78 is 0.822. The normalized spacial score (nSPS) is 7.62. The molecule has 1 aromatic heterocycles. The van der Waals surface area contributed by atoms with Gasteiger partial charge in [-0.25, -0.2) is 9.97 Å². The fraction of sp³-hybridized carbons (Fsp3) is 0.200. The third kappa shape index (κ3) is 2.02. The third-order valence-corrected chi connectivity index (χ3v) is 1.01. The number of aromatic nitrogens is 2. The van der Waals surface area contributed by atoms with Crippen molar-refractivity contribution >= 4 is 15.9 Å². The first-order valence-electron chi connectivity index (χ1n) is 1.81. The molecule has 3 heteroatoms. The van der Waals surface area contributed by atoms with E-state index in [1.54, 1.807) is 12.3 Å². The topological polar surface area (TPSA) is 25.8 Å². The van der Waals surface area contributed by atoms with Crippen molar-refractivity contribution in [2.75, 3.05) is 0 Å². The monoisotopic (exact) mass is 174 g/mol. The van der Waals surface area contributed by atoms with Crippen LogP contribution in [0.5, 0.6) is 0 Å². The maximum Gasteiger partial charge on any atom is 0.116 e. The first-order valence-corrected chi connectivity index (χ1v) is 2.60. The van der Waals surface area contributed by atoms with Crippen LogP contribution in [0.3, 0.4) is 0 Å². The number of halogens is 1. The molecule has 2 nitrogen and oxygen atoms in total. The Morgan fingerprint density at radius 3 is 2.50 bits per heavy atom. The SMILES string of the molecule is Brc1ccncn1.C. The maximum absolute atomic E-state index is 3.78. The van der Waals surface area contributed by atoms with Crippen LogP contribution in [0, 0.1) is 0 Å². The second kappa shape index (κ2) is 3.55. The zero-order chi connectivity index (χ0) is 5.11. The predicted molar refractivity (Wildman–Crippen MR) is 36.5 cm³/mol. The summed E-state index contributed by atoms with van der Waals surface area (Å²) >= 11 is 3.16. The van der Waals surface area contributed by atoms with Crippen LogP contribution < -0.4 is 0 Å². The molecular formula is C5H7BrN2. The minimum Gasteiger partial charge on any atom is -0.245 e. The molecule has 0 aliphatic carbocycles. The molecule has 0 aromatic carbocycles. The summed E-state index contributed by atoms with van der Waals surface area (Å²) in [6.07, 6.45) is 3.17. The van der Waals surface area contributed by atoms with Gasteiger partial charge >= 0.3 is 0 Å². The molecule has 0 bridgehead atoms. The third-order valence-electron chi connectivity index (χ3n) is 0.546. The van der Waals surface area contributed by atoms with Gasteiger partial charge in [-0.3, -0.25) is 0 Å². The molecule has 0 unspecified atom stereocenters. The van der Waals surface area contributed by atoms with Gasteiger partial charge in [-0.15, -0.1) is 0 Å². The average molecular weight is 175 g/mol. The highest BCUT2D eigenvalue weighted by Gasteiger charge is 1.76. The van der Waals surface area contributed by atoms with E-state index in [1.807, 2.05) is 0 Å². The molecular weight excluding hydrogens is 168 g/mol. The Labute approximate surface area is 57.1 Å². The first kappa shape index (κ1) is 7.56. The average Bonchev–Trinajstić information content (AvgIpc) is 1.69. The fourth-order valence-electron chi connectivity index (χ4n) is 0.275. The molecule has 0 aliphatic rings. The Balaban J connectivity index is 0.000000490. The molecule has 0 spiro atoms. The Morgan fingerprint density at radius 1 is 1.50 bits per heavy atom. The highest BCUT2D eigenvalue weighted by atomic mass is 79.9. The van der Waals surface area contributed by atoms with Gasteiger partial charge < -0.3 is 0 Å².